The zero-order valence-electron chi connectivity index (χ0n) is 18.7. The van der Waals surface area contributed by atoms with Crippen LogP contribution in [0, 0.1) is 0 Å². The van der Waals surface area contributed by atoms with Crippen LogP contribution in [0.15, 0.2) is 42.5 Å². The smallest absolute Gasteiger partial charge is 0.244 e. The SMILES string of the molecule is CC(C)NC(=O)[C@H](C)N(Cc1cccc(Cl)c1)C(=O)CN(c1cc(Cl)cc(Cl)c1)S(C)(=O)=O. The van der Waals surface area contributed by atoms with Crippen molar-refractivity contribution in [2.24, 2.45) is 0 Å². The van der Waals surface area contributed by atoms with Gasteiger partial charge < -0.3 is 10.2 Å². The first-order valence-electron chi connectivity index (χ1n) is 10.1. The summed E-state index contributed by atoms with van der Waals surface area (Å²) in [6.07, 6.45) is 0.977. The molecular formula is C22H26Cl3N3O4S. The molecule has 0 aliphatic heterocycles. The molecule has 0 heterocycles. The molecule has 11 heteroatoms. The molecule has 0 unspecified atom stereocenters. The molecule has 2 amide bonds. The second-order valence-electron chi connectivity index (χ2n) is 7.89. The summed E-state index contributed by atoms with van der Waals surface area (Å²) in [5.41, 5.74) is 0.835. The van der Waals surface area contributed by atoms with Crippen LogP contribution in [-0.4, -0.2) is 50.0 Å². The van der Waals surface area contributed by atoms with Crippen molar-refractivity contribution >= 4 is 62.3 Å². The molecule has 0 aliphatic carbocycles. The van der Waals surface area contributed by atoms with Gasteiger partial charge in [-0.05, 0) is 56.7 Å². The van der Waals surface area contributed by atoms with Crippen molar-refractivity contribution in [1.82, 2.24) is 10.2 Å². The monoisotopic (exact) mass is 533 g/mol. The number of carbonyl (C=O) groups is 2. The molecule has 2 rings (SSSR count). The summed E-state index contributed by atoms with van der Waals surface area (Å²) in [6, 6.07) is 10.1. The lowest BCUT2D eigenvalue weighted by molar-refractivity contribution is -0.139. The van der Waals surface area contributed by atoms with E-state index in [0.29, 0.717) is 10.6 Å². The van der Waals surface area contributed by atoms with E-state index in [0.717, 1.165) is 10.6 Å². The molecule has 0 aromatic heterocycles. The second-order valence-corrected chi connectivity index (χ2v) is 11.1. The number of halogens is 3. The van der Waals surface area contributed by atoms with Crippen LogP contribution in [0.25, 0.3) is 0 Å². The van der Waals surface area contributed by atoms with Crippen LogP contribution in [0.2, 0.25) is 15.1 Å². The van der Waals surface area contributed by atoms with Crippen molar-refractivity contribution in [2.45, 2.75) is 39.4 Å². The lowest BCUT2D eigenvalue weighted by Crippen LogP contribution is -2.52. The maximum atomic E-state index is 13.4. The second kappa shape index (κ2) is 11.4. The molecule has 7 nitrogen and oxygen atoms in total. The van der Waals surface area contributed by atoms with Gasteiger partial charge in [0.05, 0.1) is 11.9 Å². The van der Waals surface area contributed by atoms with E-state index < -0.39 is 28.5 Å². The maximum Gasteiger partial charge on any atom is 0.244 e. The molecule has 180 valence electrons. The first-order chi connectivity index (χ1) is 15.3. The zero-order chi connectivity index (χ0) is 24.9. The lowest BCUT2D eigenvalue weighted by atomic mass is 10.1. The van der Waals surface area contributed by atoms with Gasteiger partial charge in [-0.3, -0.25) is 13.9 Å². The van der Waals surface area contributed by atoms with Crippen LogP contribution in [-0.2, 0) is 26.2 Å². The largest absolute Gasteiger partial charge is 0.352 e. The topological polar surface area (TPSA) is 86.8 Å². The molecule has 0 spiro atoms. The summed E-state index contributed by atoms with van der Waals surface area (Å²) >= 11 is 18.2. The molecule has 1 atom stereocenters. The van der Waals surface area contributed by atoms with Crippen molar-refractivity contribution in [3.05, 3.63) is 63.1 Å². The predicted molar refractivity (Wildman–Crippen MR) is 133 cm³/mol. The Kier molecular flexibility index (Phi) is 9.43. The first-order valence-corrected chi connectivity index (χ1v) is 13.0. The van der Waals surface area contributed by atoms with Crippen molar-refractivity contribution < 1.29 is 18.0 Å². The normalized spacial score (nSPS) is 12.4. The molecule has 0 fully saturated rings. The van der Waals surface area contributed by atoms with Crippen molar-refractivity contribution in [3.63, 3.8) is 0 Å². The molecule has 0 saturated carbocycles. The van der Waals surface area contributed by atoms with E-state index in [1.165, 1.54) is 23.1 Å². The minimum atomic E-state index is -3.88. The van der Waals surface area contributed by atoms with Gasteiger partial charge in [-0.1, -0.05) is 46.9 Å². The van der Waals surface area contributed by atoms with Gasteiger partial charge in [0.15, 0.2) is 0 Å². The molecule has 0 radical (unpaired) electrons. The van der Waals surface area contributed by atoms with Crippen LogP contribution in [0.4, 0.5) is 5.69 Å². The first kappa shape index (κ1) is 27.2. The third-order valence-electron chi connectivity index (χ3n) is 4.65. The van der Waals surface area contributed by atoms with E-state index in [-0.39, 0.29) is 34.2 Å². The van der Waals surface area contributed by atoms with Gasteiger partial charge in [0.2, 0.25) is 21.8 Å². The van der Waals surface area contributed by atoms with Gasteiger partial charge >= 0.3 is 0 Å². The summed E-state index contributed by atoms with van der Waals surface area (Å²) < 4.78 is 26.0. The zero-order valence-corrected chi connectivity index (χ0v) is 21.8. The summed E-state index contributed by atoms with van der Waals surface area (Å²) in [5, 5.41) is 3.70. The van der Waals surface area contributed by atoms with Crippen molar-refractivity contribution in [2.75, 3.05) is 17.1 Å². The fourth-order valence-electron chi connectivity index (χ4n) is 3.12. The van der Waals surface area contributed by atoms with Gasteiger partial charge in [0.1, 0.15) is 12.6 Å². The molecule has 2 aromatic rings. The number of nitrogens with zero attached hydrogens (tertiary/aromatic N) is 2. The van der Waals surface area contributed by atoms with Crippen molar-refractivity contribution in [1.29, 1.82) is 0 Å². The summed E-state index contributed by atoms with van der Waals surface area (Å²) in [6.45, 7) is 4.71. The van der Waals surface area contributed by atoms with E-state index in [2.05, 4.69) is 5.32 Å². The lowest BCUT2D eigenvalue weighted by Gasteiger charge is -2.32. The minimum absolute atomic E-state index is 0.0555. The number of benzene rings is 2. The Morgan fingerprint density at radius 3 is 2.09 bits per heavy atom. The van der Waals surface area contributed by atoms with Gasteiger partial charge in [-0.2, -0.15) is 0 Å². The average molecular weight is 535 g/mol. The maximum absolute atomic E-state index is 13.4. The molecule has 0 saturated heterocycles. The highest BCUT2D eigenvalue weighted by atomic mass is 35.5. The standard InChI is InChI=1S/C22H26Cl3N3O4S/c1-14(2)26-22(30)15(3)27(12-16-6-5-7-17(23)8-16)21(29)13-28(33(4,31)32)20-10-18(24)9-19(25)11-20/h5-11,14-15H,12-13H2,1-4H3,(H,26,30)/t15-/m0/s1. The number of amides is 2. The van der Waals surface area contributed by atoms with E-state index in [4.69, 9.17) is 34.8 Å². The Labute approximate surface area is 209 Å². The Balaban J connectivity index is 2.42. The van der Waals surface area contributed by atoms with Gasteiger partial charge in [-0.15, -0.1) is 0 Å². The summed E-state index contributed by atoms with van der Waals surface area (Å²) in [7, 11) is -3.88. The van der Waals surface area contributed by atoms with Crippen LogP contribution in [0.5, 0.6) is 0 Å². The molecule has 1 N–H and O–H groups in total. The molecule has 2 aromatic carbocycles. The predicted octanol–water partition coefficient (Wildman–Crippen LogP) is 4.35. The van der Waals surface area contributed by atoms with Crippen LogP contribution >= 0.6 is 34.8 Å². The number of sulfonamides is 1. The Morgan fingerprint density at radius 2 is 1.58 bits per heavy atom. The average Bonchev–Trinajstić information content (AvgIpc) is 2.67. The van der Waals surface area contributed by atoms with E-state index in [1.807, 2.05) is 13.8 Å². The third kappa shape index (κ3) is 8.07. The van der Waals surface area contributed by atoms with Crippen LogP contribution < -0.4 is 9.62 Å². The van der Waals surface area contributed by atoms with Crippen LogP contribution in [0.1, 0.15) is 26.3 Å². The number of hydrogen-bond donors (Lipinski definition) is 1. The number of nitrogens with one attached hydrogen (secondary N) is 1. The quantitative estimate of drug-likeness (QED) is 0.518. The van der Waals surface area contributed by atoms with Gasteiger partial charge in [0.25, 0.3) is 0 Å². The third-order valence-corrected chi connectivity index (χ3v) is 6.47. The fraction of sp³-hybridized carbons (Fsp3) is 0.364. The Hall–Kier alpha value is -2.00. The van der Waals surface area contributed by atoms with E-state index in [1.54, 1.807) is 31.2 Å². The highest BCUT2D eigenvalue weighted by molar-refractivity contribution is 7.92. The Morgan fingerprint density at radius 1 is 0.970 bits per heavy atom. The molecular weight excluding hydrogens is 509 g/mol. The summed E-state index contributed by atoms with van der Waals surface area (Å²) in [4.78, 5) is 27.4. The number of hydrogen-bond acceptors (Lipinski definition) is 4. The number of anilines is 1. The molecule has 0 bridgehead atoms. The van der Waals surface area contributed by atoms with Gasteiger partial charge in [0, 0.05) is 27.7 Å². The highest BCUT2D eigenvalue weighted by Gasteiger charge is 2.30. The number of rotatable bonds is 9. The fourth-order valence-corrected chi connectivity index (χ4v) is 4.68. The summed E-state index contributed by atoms with van der Waals surface area (Å²) in [5.74, 6) is -0.944. The molecule has 0 aliphatic rings. The van der Waals surface area contributed by atoms with E-state index >= 15 is 0 Å². The highest BCUT2D eigenvalue weighted by Crippen LogP contribution is 2.27. The van der Waals surface area contributed by atoms with E-state index in [9.17, 15) is 18.0 Å². The van der Waals surface area contributed by atoms with Crippen LogP contribution in [0.3, 0.4) is 0 Å². The molecule has 33 heavy (non-hydrogen) atoms. The Bertz CT molecular complexity index is 1110. The van der Waals surface area contributed by atoms with Crippen molar-refractivity contribution in [3.8, 4) is 0 Å². The number of carbonyl (C=O) groups excluding carboxylic acids is 2. The van der Waals surface area contributed by atoms with Gasteiger partial charge in [-0.25, -0.2) is 8.42 Å². The minimum Gasteiger partial charge on any atom is -0.352 e.